The summed E-state index contributed by atoms with van der Waals surface area (Å²) in [6.45, 7) is 1.86. The summed E-state index contributed by atoms with van der Waals surface area (Å²) in [6, 6.07) is 16.7. The fourth-order valence-electron chi connectivity index (χ4n) is 3.49. The number of urea groups is 1. The van der Waals surface area contributed by atoms with Gasteiger partial charge in [0.25, 0.3) is 5.91 Å². The highest BCUT2D eigenvalue weighted by molar-refractivity contribution is 5.93. The van der Waals surface area contributed by atoms with Gasteiger partial charge in [-0.3, -0.25) is 10.2 Å². The van der Waals surface area contributed by atoms with E-state index in [9.17, 15) is 14.0 Å². The van der Waals surface area contributed by atoms with Crippen molar-refractivity contribution in [1.82, 2.24) is 20.7 Å². The topological polar surface area (TPSA) is 98.4 Å². The molecule has 8 nitrogen and oxygen atoms in total. The first-order chi connectivity index (χ1) is 16.1. The van der Waals surface area contributed by atoms with Crippen molar-refractivity contribution in [1.29, 1.82) is 0 Å². The lowest BCUT2D eigenvalue weighted by atomic mass is 10.2. The monoisotopic (exact) mass is 448 g/mol. The first-order valence-corrected chi connectivity index (χ1v) is 10.7. The maximum Gasteiger partial charge on any atom is 0.321 e. The van der Waals surface area contributed by atoms with Crippen molar-refractivity contribution in [3.8, 4) is 0 Å². The lowest BCUT2D eigenvalue weighted by Gasteiger charge is -2.16. The van der Waals surface area contributed by atoms with E-state index in [0.29, 0.717) is 29.2 Å². The minimum absolute atomic E-state index is 0.0934. The van der Waals surface area contributed by atoms with Crippen LogP contribution < -0.4 is 21.5 Å². The van der Waals surface area contributed by atoms with E-state index in [4.69, 9.17) is 0 Å². The molecule has 0 radical (unpaired) electrons. The van der Waals surface area contributed by atoms with Crippen LogP contribution in [-0.4, -0.2) is 34.9 Å². The summed E-state index contributed by atoms with van der Waals surface area (Å²) >= 11 is 0. The molecule has 3 aromatic rings. The number of rotatable bonds is 7. The van der Waals surface area contributed by atoms with Crippen molar-refractivity contribution in [3.05, 3.63) is 83.8 Å². The molecule has 1 aliphatic heterocycles. The molecule has 0 bridgehead atoms. The van der Waals surface area contributed by atoms with Crippen molar-refractivity contribution in [2.24, 2.45) is 0 Å². The zero-order valence-corrected chi connectivity index (χ0v) is 18.0. The average molecular weight is 449 g/mol. The van der Waals surface area contributed by atoms with E-state index in [1.165, 1.54) is 18.3 Å². The van der Waals surface area contributed by atoms with Gasteiger partial charge in [0, 0.05) is 37.2 Å². The van der Waals surface area contributed by atoms with Crippen molar-refractivity contribution in [2.75, 3.05) is 23.7 Å². The lowest BCUT2D eigenvalue weighted by molar-refractivity contribution is 0.0932. The Kier molecular flexibility index (Phi) is 7.11. The van der Waals surface area contributed by atoms with Crippen LogP contribution in [0.25, 0.3) is 0 Å². The number of likely N-dealkylation sites (tertiary alicyclic amines) is 1. The zero-order chi connectivity index (χ0) is 23.0. The van der Waals surface area contributed by atoms with Crippen molar-refractivity contribution < 1.29 is 14.0 Å². The molecule has 170 valence electrons. The Labute approximate surface area is 191 Å². The van der Waals surface area contributed by atoms with Crippen LogP contribution in [0.2, 0.25) is 0 Å². The van der Waals surface area contributed by atoms with Crippen LogP contribution in [0.5, 0.6) is 0 Å². The van der Waals surface area contributed by atoms with Gasteiger partial charge in [-0.05, 0) is 60.9 Å². The summed E-state index contributed by atoms with van der Waals surface area (Å²) < 4.78 is 13.2. The van der Waals surface area contributed by atoms with Gasteiger partial charge in [0.05, 0.1) is 5.56 Å². The van der Waals surface area contributed by atoms with Gasteiger partial charge in [0.2, 0.25) is 0 Å². The summed E-state index contributed by atoms with van der Waals surface area (Å²) in [5.74, 6) is -0.119. The van der Waals surface area contributed by atoms with Crippen LogP contribution in [0, 0.1) is 5.82 Å². The number of hydrogen-bond donors (Lipinski definition) is 4. The van der Waals surface area contributed by atoms with Gasteiger partial charge in [-0.15, -0.1) is 0 Å². The van der Waals surface area contributed by atoms with Crippen LogP contribution in [0.3, 0.4) is 0 Å². The van der Waals surface area contributed by atoms with Gasteiger partial charge in [0.15, 0.2) is 0 Å². The molecule has 4 N–H and O–H groups in total. The number of nitrogens with one attached hydrogen (secondary N) is 4. The number of halogens is 1. The number of anilines is 3. The van der Waals surface area contributed by atoms with Gasteiger partial charge in [-0.1, -0.05) is 18.2 Å². The van der Waals surface area contributed by atoms with Crippen LogP contribution in [0.1, 0.15) is 28.8 Å². The normalized spacial score (nSPS) is 12.9. The van der Waals surface area contributed by atoms with Crippen LogP contribution in [0.15, 0.2) is 66.9 Å². The Morgan fingerprint density at radius 3 is 2.52 bits per heavy atom. The second-order valence-electron chi connectivity index (χ2n) is 7.70. The molecule has 1 fully saturated rings. The number of nitrogens with zero attached hydrogens (tertiary/aromatic N) is 2. The highest BCUT2D eigenvalue weighted by Gasteiger charge is 2.17. The number of hydrogen-bond acceptors (Lipinski definition) is 5. The minimum Gasteiger partial charge on any atom is -0.340 e. The second kappa shape index (κ2) is 10.6. The number of hydrazine groups is 1. The first kappa shape index (κ1) is 22.2. The van der Waals surface area contributed by atoms with Gasteiger partial charge in [0.1, 0.15) is 11.6 Å². The Morgan fingerprint density at radius 1 is 0.970 bits per heavy atom. The Balaban J connectivity index is 1.29. The number of pyridine rings is 1. The fraction of sp³-hybridized carbons (Fsp3) is 0.208. The predicted octanol–water partition coefficient (Wildman–Crippen LogP) is 4.03. The highest BCUT2D eigenvalue weighted by Crippen LogP contribution is 2.20. The lowest BCUT2D eigenvalue weighted by Crippen LogP contribution is -2.36. The summed E-state index contributed by atoms with van der Waals surface area (Å²) in [6.07, 6.45) is 3.54. The van der Waals surface area contributed by atoms with E-state index in [0.717, 1.165) is 31.6 Å². The maximum atomic E-state index is 13.2. The third kappa shape index (κ3) is 6.27. The summed E-state index contributed by atoms with van der Waals surface area (Å²) in [5, 5.41) is 6.08. The molecule has 2 heterocycles. The molecule has 1 aromatic heterocycles. The summed E-state index contributed by atoms with van der Waals surface area (Å²) in [4.78, 5) is 30.6. The third-order valence-electron chi connectivity index (χ3n) is 5.19. The molecule has 9 heteroatoms. The molecule has 0 aliphatic carbocycles. The fourth-order valence-corrected chi connectivity index (χ4v) is 3.49. The van der Waals surface area contributed by atoms with E-state index in [2.05, 4.69) is 26.5 Å². The Bertz CT molecular complexity index is 1120. The molecule has 4 rings (SSSR count). The first-order valence-electron chi connectivity index (χ1n) is 10.7. The molecule has 1 aliphatic rings. The summed E-state index contributed by atoms with van der Waals surface area (Å²) in [7, 11) is 0. The molecule has 0 unspecified atom stereocenters. The van der Waals surface area contributed by atoms with E-state index in [1.54, 1.807) is 29.2 Å². The Morgan fingerprint density at radius 2 is 1.76 bits per heavy atom. The van der Waals surface area contributed by atoms with Gasteiger partial charge in [-0.2, -0.15) is 0 Å². The van der Waals surface area contributed by atoms with Crippen LogP contribution >= 0.6 is 0 Å². The van der Waals surface area contributed by atoms with Gasteiger partial charge < -0.3 is 15.5 Å². The number of carbonyl (C=O) groups is 2. The smallest absolute Gasteiger partial charge is 0.321 e. The zero-order valence-electron chi connectivity index (χ0n) is 18.0. The number of amides is 3. The minimum atomic E-state index is -0.350. The predicted molar refractivity (Wildman–Crippen MR) is 124 cm³/mol. The quantitative estimate of drug-likeness (QED) is 0.409. The van der Waals surface area contributed by atoms with Crippen molar-refractivity contribution in [3.63, 3.8) is 0 Å². The molecule has 0 spiro atoms. The SMILES string of the molecule is O=C(NNCc1cccc(F)c1)c1ccc(Nc2cccc(NC(=O)N3CCCC3)c2)nc1. The van der Waals surface area contributed by atoms with Crippen LogP contribution in [0.4, 0.5) is 26.4 Å². The second-order valence-corrected chi connectivity index (χ2v) is 7.70. The summed E-state index contributed by atoms with van der Waals surface area (Å²) in [5.41, 5.74) is 7.89. The highest BCUT2D eigenvalue weighted by atomic mass is 19.1. The molecule has 33 heavy (non-hydrogen) atoms. The molecule has 0 saturated carbocycles. The standard InChI is InChI=1S/C24H25FN6O2/c25-19-6-3-5-17(13-19)15-27-30-23(32)18-9-10-22(26-16-18)28-20-7-4-8-21(14-20)29-24(33)31-11-1-2-12-31/h3-10,13-14,16,27H,1-2,11-12,15H2,(H,26,28)(H,29,33)(H,30,32). The van der Waals surface area contributed by atoms with E-state index >= 15 is 0 Å². The number of benzene rings is 2. The molecule has 1 saturated heterocycles. The number of carbonyl (C=O) groups excluding carboxylic acids is 2. The molecule has 2 aromatic carbocycles. The van der Waals surface area contributed by atoms with E-state index in [1.807, 2.05) is 24.3 Å². The largest absolute Gasteiger partial charge is 0.340 e. The molecule has 0 atom stereocenters. The van der Waals surface area contributed by atoms with Crippen LogP contribution in [-0.2, 0) is 6.54 Å². The van der Waals surface area contributed by atoms with Gasteiger partial charge in [-0.25, -0.2) is 19.6 Å². The molecule has 3 amide bonds. The average Bonchev–Trinajstić information content (AvgIpc) is 3.35. The van der Waals surface area contributed by atoms with Crippen molar-refractivity contribution in [2.45, 2.75) is 19.4 Å². The Hall–Kier alpha value is -3.98. The molecular formula is C24H25FN6O2. The maximum absolute atomic E-state index is 13.2. The van der Waals surface area contributed by atoms with Gasteiger partial charge >= 0.3 is 6.03 Å². The third-order valence-corrected chi connectivity index (χ3v) is 5.19. The van der Waals surface area contributed by atoms with Crippen molar-refractivity contribution >= 4 is 29.1 Å². The van der Waals surface area contributed by atoms with E-state index in [-0.39, 0.29) is 17.8 Å². The van der Waals surface area contributed by atoms with E-state index < -0.39 is 0 Å². The molecular weight excluding hydrogens is 423 g/mol. The number of aromatic nitrogens is 1.